The van der Waals surface area contributed by atoms with Crippen LogP contribution in [0.5, 0.6) is 5.75 Å². The second-order valence-corrected chi connectivity index (χ2v) is 6.85. The number of hydrogen-bond acceptors (Lipinski definition) is 4. The minimum atomic E-state index is -0.261. The van der Waals surface area contributed by atoms with E-state index in [9.17, 15) is 4.79 Å². The molecule has 0 heterocycles. The minimum absolute atomic E-state index is 0.261. The Labute approximate surface area is 168 Å². The highest BCUT2D eigenvalue weighted by atomic mass is 16.5. The van der Waals surface area contributed by atoms with Crippen molar-refractivity contribution in [3.05, 3.63) is 54.1 Å². The smallest absolute Gasteiger partial charge is 0.338 e. The van der Waals surface area contributed by atoms with Gasteiger partial charge in [0.1, 0.15) is 5.75 Å². The third-order valence-corrected chi connectivity index (χ3v) is 4.55. The molecule has 2 rings (SSSR count). The number of ether oxygens (including phenoxy) is 3. The first-order valence-electron chi connectivity index (χ1n) is 10.2. The molecule has 0 saturated carbocycles. The van der Waals surface area contributed by atoms with Crippen molar-refractivity contribution in [3.8, 4) is 16.9 Å². The molecule has 0 aliphatic heterocycles. The van der Waals surface area contributed by atoms with Crippen LogP contribution in [0.25, 0.3) is 11.1 Å². The van der Waals surface area contributed by atoms with Crippen LogP contribution in [0.3, 0.4) is 0 Å². The summed E-state index contributed by atoms with van der Waals surface area (Å²) in [5, 5.41) is 0. The highest BCUT2D eigenvalue weighted by Gasteiger charge is 2.07. The van der Waals surface area contributed by atoms with Crippen LogP contribution in [-0.4, -0.2) is 32.9 Å². The summed E-state index contributed by atoms with van der Waals surface area (Å²) in [5.41, 5.74) is 2.75. The van der Waals surface area contributed by atoms with Crippen LogP contribution in [0, 0.1) is 0 Å². The zero-order valence-corrected chi connectivity index (χ0v) is 17.1. The summed E-state index contributed by atoms with van der Waals surface area (Å²) < 4.78 is 16.1. The lowest BCUT2D eigenvalue weighted by Crippen LogP contribution is -2.06. The predicted octanol–water partition coefficient (Wildman–Crippen LogP) is 5.90. The van der Waals surface area contributed by atoms with Crippen LogP contribution in [-0.2, 0) is 9.47 Å². The van der Waals surface area contributed by atoms with Gasteiger partial charge in [0.2, 0.25) is 0 Å². The molecule has 0 aliphatic carbocycles. The maximum atomic E-state index is 12.1. The van der Waals surface area contributed by atoms with Gasteiger partial charge in [0.25, 0.3) is 0 Å². The van der Waals surface area contributed by atoms with Gasteiger partial charge in [0.15, 0.2) is 0 Å². The number of esters is 1. The van der Waals surface area contributed by atoms with Crippen LogP contribution in [0.2, 0.25) is 0 Å². The van der Waals surface area contributed by atoms with E-state index in [0.29, 0.717) is 12.2 Å². The maximum absolute atomic E-state index is 12.1. The molecule has 0 spiro atoms. The molecule has 4 nitrogen and oxygen atoms in total. The Balaban J connectivity index is 1.78. The van der Waals surface area contributed by atoms with Gasteiger partial charge in [-0.3, -0.25) is 0 Å². The van der Waals surface area contributed by atoms with E-state index in [1.165, 1.54) is 0 Å². The predicted molar refractivity (Wildman–Crippen MR) is 113 cm³/mol. The molecule has 0 bridgehead atoms. The van der Waals surface area contributed by atoms with E-state index in [1.807, 2.05) is 48.5 Å². The fourth-order valence-corrected chi connectivity index (χ4v) is 2.83. The Hall–Kier alpha value is -2.33. The van der Waals surface area contributed by atoms with Crippen LogP contribution in [0.1, 0.15) is 55.8 Å². The molecule has 0 radical (unpaired) electrons. The van der Waals surface area contributed by atoms with Crippen LogP contribution in [0.15, 0.2) is 48.5 Å². The topological polar surface area (TPSA) is 44.8 Å². The van der Waals surface area contributed by atoms with Gasteiger partial charge in [-0.1, -0.05) is 44.0 Å². The van der Waals surface area contributed by atoms with E-state index in [4.69, 9.17) is 14.2 Å². The second kappa shape index (κ2) is 12.9. The summed E-state index contributed by atoms with van der Waals surface area (Å²) in [5.74, 6) is 0.628. The van der Waals surface area contributed by atoms with Gasteiger partial charge in [-0.2, -0.15) is 0 Å². The summed E-state index contributed by atoms with van der Waals surface area (Å²) in [6.07, 6.45) is 6.28. The van der Waals surface area contributed by atoms with E-state index in [2.05, 4.69) is 6.92 Å². The van der Waals surface area contributed by atoms with Gasteiger partial charge in [0, 0.05) is 13.7 Å². The molecule has 4 heteroatoms. The van der Waals surface area contributed by atoms with Crippen molar-refractivity contribution in [2.45, 2.75) is 45.4 Å². The first-order chi connectivity index (χ1) is 13.7. The lowest BCUT2D eigenvalue weighted by Gasteiger charge is -2.08. The first kappa shape index (κ1) is 22.0. The van der Waals surface area contributed by atoms with Crippen molar-refractivity contribution >= 4 is 5.97 Å². The summed E-state index contributed by atoms with van der Waals surface area (Å²) in [4.78, 5) is 12.1. The first-order valence-corrected chi connectivity index (χ1v) is 10.2. The number of benzene rings is 2. The monoisotopic (exact) mass is 384 g/mol. The van der Waals surface area contributed by atoms with Crippen molar-refractivity contribution < 1.29 is 19.0 Å². The molecule has 0 amide bonds. The minimum Gasteiger partial charge on any atom is -0.494 e. The molecule has 0 aliphatic rings. The van der Waals surface area contributed by atoms with E-state index in [0.717, 1.165) is 68.6 Å². The Kier molecular flexibility index (Phi) is 10.2. The lowest BCUT2D eigenvalue weighted by molar-refractivity contribution is 0.0497. The normalized spacial score (nSPS) is 10.6. The number of hydrogen-bond donors (Lipinski definition) is 0. The largest absolute Gasteiger partial charge is 0.494 e. The molecule has 28 heavy (non-hydrogen) atoms. The van der Waals surface area contributed by atoms with Gasteiger partial charge in [0.05, 0.1) is 18.8 Å². The standard InChI is InChI=1S/C24H32O4/c1-3-4-18-27-23-15-13-21(14-16-23)20-9-11-22(12-10-20)24(25)28-19-8-6-5-7-17-26-2/h9-16H,3-8,17-19H2,1-2H3. The lowest BCUT2D eigenvalue weighted by atomic mass is 10.0. The number of carbonyl (C=O) groups excluding carboxylic acids is 1. The fourth-order valence-electron chi connectivity index (χ4n) is 2.83. The summed E-state index contributed by atoms with van der Waals surface area (Å²) in [6.45, 7) is 4.16. The Morgan fingerprint density at radius 2 is 1.36 bits per heavy atom. The SMILES string of the molecule is CCCCOc1ccc(-c2ccc(C(=O)OCCCCCCOC)cc2)cc1. The Morgan fingerprint density at radius 3 is 1.96 bits per heavy atom. The number of methoxy groups -OCH3 is 1. The van der Waals surface area contributed by atoms with Gasteiger partial charge >= 0.3 is 5.97 Å². The molecule has 0 N–H and O–H groups in total. The molecule has 152 valence electrons. The van der Waals surface area contributed by atoms with E-state index < -0.39 is 0 Å². The summed E-state index contributed by atoms with van der Waals surface area (Å²) >= 11 is 0. The molecular formula is C24H32O4. The third kappa shape index (κ3) is 7.73. The van der Waals surface area contributed by atoms with E-state index >= 15 is 0 Å². The average molecular weight is 385 g/mol. The number of unbranched alkanes of at least 4 members (excludes halogenated alkanes) is 4. The zero-order chi connectivity index (χ0) is 20.0. The quantitative estimate of drug-likeness (QED) is 0.319. The van der Waals surface area contributed by atoms with Crippen molar-refractivity contribution in [1.82, 2.24) is 0 Å². The van der Waals surface area contributed by atoms with Crippen LogP contribution >= 0.6 is 0 Å². The molecule has 2 aromatic carbocycles. The van der Waals surface area contributed by atoms with Gasteiger partial charge in [-0.15, -0.1) is 0 Å². The van der Waals surface area contributed by atoms with E-state index in [-0.39, 0.29) is 5.97 Å². The van der Waals surface area contributed by atoms with Crippen molar-refractivity contribution in [3.63, 3.8) is 0 Å². The summed E-state index contributed by atoms with van der Waals surface area (Å²) in [6, 6.07) is 15.6. The molecule has 0 unspecified atom stereocenters. The average Bonchev–Trinajstić information content (AvgIpc) is 2.74. The Bertz CT molecular complexity index is 677. The highest BCUT2D eigenvalue weighted by Crippen LogP contribution is 2.23. The van der Waals surface area contributed by atoms with Gasteiger partial charge < -0.3 is 14.2 Å². The van der Waals surface area contributed by atoms with Gasteiger partial charge in [-0.05, 0) is 61.1 Å². The molecule has 2 aromatic rings. The van der Waals surface area contributed by atoms with Crippen LogP contribution in [0.4, 0.5) is 0 Å². The number of rotatable bonds is 13. The fraction of sp³-hybridized carbons (Fsp3) is 0.458. The van der Waals surface area contributed by atoms with Crippen molar-refractivity contribution in [2.24, 2.45) is 0 Å². The zero-order valence-electron chi connectivity index (χ0n) is 17.1. The maximum Gasteiger partial charge on any atom is 0.338 e. The Morgan fingerprint density at radius 1 is 0.750 bits per heavy atom. The van der Waals surface area contributed by atoms with Gasteiger partial charge in [-0.25, -0.2) is 4.79 Å². The molecular weight excluding hydrogens is 352 g/mol. The molecule has 0 atom stereocenters. The summed E-state index contributed by atoms with van der Waals surface area (Å²) in [7, 11) is 1.71. The molecule has 0 fully saturated rings. The number of carbonyl (C=O) groups is 1. The van der Waals surface area contributed by atoms with Crippen LogP contribution < -0.4 is 4.74 Å². The molecule has 0 saturated heterocycles. The molecule has 0 aromatic heterocycles. The third-order valence-electron chi connectivity index (χ3n) is 4.55. The van der Waals surface area contributed by atoms with Crippen molar-refractivity contribution in [2.75, 3.05) is 26.9 Å². The highest BCUT2D eigenvalue weighted by molar-refractivity contribution is 5.90. The second-order valence-electron chi connectivity index (χ2n) is 6.85. The van der Waals surface area contributed by atoms with Crippen molar-refractivity contribution in [1.29, 1.82) is 0 Å². The van der Waals surface area contributed by atoms with E-state index in [1.54, 1.807) is 7.11 Å².